The standard InChI is InChI=1S/C21H19ClN2O4S/c22-16-7-9-17(10-8-16)29(26,27)23-18(20-6-3-13-28-20)14-21(25)24-12-11-15-4-1-2-5-19(15)24/h1-10,13,18,23H,11-12,14H2/t18-/m1/s1. The maximum Gasteiger partial charge on any atom is 0.241 e. The van der Waals surface area contributed by atoms with Crippen LogP contribution in [-0.4, -0.2) is 20.9 Å². The van der Waals surface area contributed by atoms with Crippen LogP contribution in [-0.2, 0) is 21.2 Å². The number of halogens is 1. The molecule has 1 aliphatic heterocycles. The summed E-state index contributed by atoms with van der Waals surface area (Å²) < 4.78 is 33.7. The summed E-state index contributed by atoms with van der Waals surface area (Å²) in [5, 5.41) is 0.439. The molecule has 1 amide bonds. The van der Waals surface area contributed by atoms with Gasteiger partial charge in [0.1, 0.15) is 5.76 Å². The van der Waals surface area contributed by atoms with Crippen molar-refractivity contribution >= 4 is 33.2 Å². The largest absolute Gasteiger partial charge is 0.468 e. The molecular formula is C21H19ClN2O4S. The van der Waals surface area contributed by atoms with Crippen LogP contribution >= 0.6 is 11.6 Å². The van der Waals surface area contributed by atoms with Gasteiger partial charge >= 0.3 is 0 Å². The Morgan fingerprint density at radius 1 is 1.10 bits per heavy atom. The van der Waals surface area contributed by atoms with Gasteiger partial charge in [0.2, 0.25) is 15.9 Å². The van der Waals surface area contributed by atoms with Gasteiger partial charge in [-0.3, -0.25) is 4.79 Å². The molecule has 1 aliphatic rings. The average molecular weight is 431 g/mol. The number of carbonyl (C=O) groups is 1. The van der Waals surface area contributed by atoms with Gasteiger partial charge in [-0.15, -0.1) is 0 Å². The Morgan fingerprint density at radius 2 is 1.86 bits per heavy atom. The third kappa shape index (κ3) is 4.22. The molecular weight excluding hydrogens is 412 g/mol. The maximum atomic E-state index is 13.0. The minimum Gasteiger partial charge on any atom is -0.468 e. The van der Waals surface area contributed by atoms with Crippen molar-refractivity contribution in [2.45, 2.75) is 23.8 Å². The smallest absolute Gasteiger partial charge is 0.241 e. The first-order valence-corrected chi connectivity index (χ1v) is 11.0. The Bertz CT molecular complexity index is 1110. The van der Waals surface area contributed by atoms with Crippen LogP contribution in [0.3, 0.4) is 0 Å². The molecule has 4 rings (SSSR count). The van der Waals surface area contributed by atoms with E-state index in [2.05, 4.69) is 4.72 Å². The van der Waals surface area contributed by atoms with Crippen molar-refractivity contribution in [1.82, 2.24) is 4.72 Å². The number of benzene rings is 2. The van der Waals surface area contributed by atoms with Gasteiger partial charge in [-0.2, -0.15) is 4.72 Å². The number of para-hydroxylation sites is 1. The highest BCUT2D eigenvalue weighted by molar-refractivity contribution is 7.89. The monoisotopic (exact) mass is 430 g/mol. The summed E-state index contributed by atoms with van der Waals surface area (Å²) >= 11 is 5.85. The van der Waals surface area contributed by atoms with Crippen molar-refractivity contribution in [3.8, 4) is 0 Å². The van der Waals surface area contributed by atoms with Crippen LogP contribution in [0, 0.1) is 0 Å². The highest BCUT2D eigenvalue weighted by Gasteiger charge is 2.30. The molecule has 0 saturated heterocycles. The van der Waals surface area contributed by atoms with E-state index in [1.807, 2.05) is 24.3 Å². The Morgan fingerprint density at radius 3 is 2.59 bits per heavy atom. The van der Waals surface area contributed by atoms with Crippen LogP contribution < -0.4 is 9.62 Å². The number of hydrogen-bond acceptors (Lipinski definition) is 4. The quantitative estimate of drug-likeness (QED) is 0.642. The van der Waals surface area contributed by atoms with Gasteiger partial charge in [0.05, 0.1) is 23.6 Å². The number of nitrogens with zero attached hydrogens (tertiary/aromatic N) is 1. The topological polar surface area (TPSA) is 79.6 Å². The lowest BCUT2D eigenvalue weighted by atomic mass is 10.1. The Kier molecular flexibility index (Phi) is 5.45. The fourth-order valence-electron chi connectivity index (χ4n) is 3.44. The van der Waals surface area contributed by atoms with Crippen molar-refractivity contribution in [3.63, 3.8) is 0 Å². The lowest BCUT2D eigenvalue weighted by Crippen LogP contribution is -2.35. The molecule has 8 heteroatoms. The van der Waals surface area contributed by atoms with Crippen LogP contribution in [0.25, 0.3) is 0 Å². The summed E-state index contributed by atoms with van der Waals surface area (Å²) in [7, 11) is -3.87. The highest BCUT2D eigenvalue weighted by Crippen LogP contribution is 2.30. The fourth-order valence-corrected chi connectivity index (χ4v) is 4.77. The zero-order valence-electron chi connectivity index (χ0n) is 15.4. The molecule has 0 bridgehead atoms. The number of carbonyl (C=O) groups excluding carboxylic acids is 1. The second kappa shape index (κ2) is 8.02. The van der Waals surface area contributed by atoms with Crippen molar-refractivity contribution < 1.29 is 17.6 Å². The molecule has 0 saturated carbocycles. The highest BCUT2D eigenvalue weighted by atomic mass is 35.5. The summed E-state index contributed by atoms with van der Waals surface area (Å²) in [6.45, 7) is 0.576. The minimum atomic E-state index is -3.87. The second-order valence-corrected chi connectivity index (χ2v) is 8.92. The number of sulfonamides is 1. The zero-order chi connectivity index (χ0) is 20.4. The molecule has 29 heavy (non-hydrogen) atoms. The van der Waals surface area contributed by atoms with Gasteiger partial charge in [0.15, 0.2) is 0 Å². The van der Waals surface area contributed by atoms with Gasteiger partial charge in [0.25, 0.3) is 0 Å². The van der Waals surface area contributed by atoms with E-state index < -0.39 is 16.1 Å². The molecule has 0 unspecified atom stereocenters. The fraction of sp³-hybridized carbons (Fsp3) is 0.190. The van der Waals surface area contributed by atoms with Gasteiger partial charge in [-0.25, -0.2) is 8.42 Å². The number of fused-ring (bicyclic) bond motifs is 1. The minimum absolute atomic E-state index is 0.0608. The normalized spacial score (nSPS) is 14.6. The van der Waals surface area contributed by atoms with E-state index in [1.54, 1.807) is 17.0 Å². The first-order chi connectivity index (χ1) is 13.9. The average Bonchev–Trinajstić information content (AvgIpc) is 3.38. The van der Waals surface area contributed by atoms with Crippen LogP contribution in [0.1, 0.15) is 23.8 Å². The van der Waals surface area contributed by atoms with Crippen LogP contribution in [0.5, 0.6) is 0 Å². The van der Waals surface area contributed by atoms with E-state index >= 15 is 0 Å². The summed E-state index contributed by atoms with van der Waals surface area (Å²) in [5.41, 5.74) is 1.98. The maximum absolute atomic E-state index is 13.0. The van der Waals surface area contributed by atoms with Crippen LogP contribution in [0.15, 0.2) is 76.2 Å². The predicted octanol–water partition coefficient (Wildman–Crippen LogP) is 3.93. The van der Waals surface area contributed by atoms with Crippen molar-refractivity contribution in [3.05, 3.63) is 83.3 Å². The number of furan rings is 1. The molecule has 0 radical (unpaired) electrons. The Hall–Kier alpha value is -2.61. The van der Waals surface area contributed by atoms with Crippen molar-refractivity contribution in [2.24, 2.45) is 0 Å². The Balaban J connectivity index is 1.57. The molecule has 1 atom stereocenters. The molecule has 0 spiro atoms. The van der Waals surface area contributed by atoms with Crippen LogP contribution in [0.2, 0.25) is 5.02 Å². The van der Waals surface area contributed by atoms with Gasteiger partial charge < -0.3 is 9.32 Å². The number of nitrogens with one attached hydrogen (secondary N) is 1. The number of amides is 1. The first kappa shape index (κ1) is 19.7. The molecule has 2 aromatic carbocycles. The van der Waals surface area contributed by atoms with Gasteiger partial charge in [0, 0.05) is 17.3 Å². The predicted molar refractivity (Wildman–Crippen MR) is 110 cm³/mol. The molecule has 6 nitrogen and oxygen atoms in total. The van der Waals surface area contributed by atoms with Crippen LogP contribution in [0.4, 0.5) is 5.69 Å². The summed E-state index contributed by atoms with van der Waals surface area (Å²) in [6, 6.07) is 16.1. The zero-order valence-corrected chi connectivity index (χ0v) is 17.0. The lowest BCUT2D eigenvalue weighted by Gasteiger charge is -2.22. The molecule has 2 heterocycles. The van der Waals surface area contributed by atoms with E-state index in [1.165, 1.54) is 30.5 Å². The van der Waals surface area contributed by atoms with Gasteiger partial charge in [-0.05, 0) is 54.4 Å². The molecule has 1 N–H and O–H groups in total. The molecule has 3 aromatic rings. The lowest BCUT2D eigenvalue weighted by molar-refractivity contribution is -0.119. The number of hydrogen-bond donors (Lipinski definition) is 1. The van der Waals surface area contributed by atoms with E-state index in [4.69, 9.17) is 16.0 Å². The summed E-state index contributed by atoms with van der Waals surface area (Å²) in [5.74, 6) is 0.207. The van der Waals surface area contributed by atoms with Gasteiger partial charge in [-0.1, -0.05) is 29.8 Å². The van der Waals surface area contributed by atoms with E-state index in [-0.39, 0.29) is 17.2 Å². The number of anilines is 1. The number of rotatable bonds is 6. The summed E-state index contributed by atoms with van der Waals surface area (Å²) in [6.07, 6.45) is 2.17. The van der Waals surface area contributed by atoms with E-state index in [0.717, 1.165) is 17.7 Å². The van der Waals surface area contributed by atoms with Crippen molar-refractivity contribution in [2.75, 3.05) is 11.4 Å². The van der Waals surface area contributed by atoms with Crippen molar-refractivity contribution in [1.29, 1.82) is 0 Å². The second-order valence-electron chi connectivity index (χ2n) is 6.77. The molecule has 150 valence electrons. The SMILES string of the molecule is O=C(C[C@@H](NS(=O)(=O)c1ccc(Cl)cc1)c1ccco1)N1CCc2ccccc21. The molecule has 0 fully saturated rings. The third-order valence-corrected chi connectivity index (χ3v) is 6.61. The molecule has 1 aromatic heterocycles. The summed E-state index contributed by atoms with van der Waals surface area (Å²) in [4.78, 5) is 14.8. The third-order valence-electron chi connectivity index (χ3n) is 4.87. The van der Waals surface area contributed by atoms with E-state index in [9.17, 15) is 13.2 Å². The molecule has 0 aliphatic carbocycles. The Labute approximate surface area is 174 Å². The van der Waals surface area contributed by atoms with E-state index in [0.29, 0.717) is 17.3 Å². The first-order valence-electron chi connectivity index (χ1n) is 9.13.